The molecule has 4 heteroatoms. The summed E-state index contributed by atoms with van der Waals surface area (Å²) in [6, 6.07) is 4.08. The van der Waals surface area contributed by atoms with Gasteiger partial charge in [-0.2, -0.15) is 0 Å². The molecule has 2 N–H and O–H groups in total. The molecule has 1 atom stereocenters. The summed E-state index contributed by atoms with van der Waals surface area (Å²) in [5, 5.41) is 0. The Labute approximate surface area is 103 Å². The molecular weight excluding hydrogens is 214 g/mol. The number of aromatic nitrogens is 1. The molecule has 17 heavy (non-hydrogen) atoms. The predicted molar refractivity (Wildman–Crippen MR) is 69.1 cm³/mol. The number of nitrogens with zero attached hydrogens (tertiary/aromatic N) is 2. The SMILES string of the molecule is C[C@@H](N)c1ccc(N2CCOC(C)(C)C2)cn1. The van der Waals surface area contributed by atoms with E-state index in [0.29, 0.717) is 0 Å². The van der Waals surface area contributed by atoms with Crippen LogP contribution < -0.4 is 10.6 Å². The highest BCUT2D eigenvalue weighted by molar-refractivity contribution is 5.45. The van der Waals surface area contributed by atoms with Crippen LogP contribution in [-0.2, 0) is 4.74 Å². The molecule has 0 saturated carbocycles. The number of ether oxygens (including phenoxy) is 1. The molecule has 0 amide bonds. The summed E-state index contributed by atoms with van der Waals surface area (Å²) in [6.07, 6.45) is 1.90. The normalized spacial score (nSPS) is 21.3. The molecule has 4 nitrogen and oxygen atoms in total. The van der Waals surface area contributed by atoms with Gasteiger partial charge in [0.2, 0.25) is 0 Å². The van der Waals surface area contributed by atoms with Gasteiger partial charge in [0.05, 0.1) is 29.8 Å². The molecule has 2 heterocycles. The molecule has 0 aromatic carbocycles. The third-order valence-electron chi connectivity index (χ3n) is 3.03. The van der Waals surface area contributed by atoms with Crippen molar-refractivity contribution < 1.29 is 4.74 Å². The van der Waals surface area contributed by atoms with Gasteiger partial charge in [-0.1, -0.05) is 0 Å². The van der Waals surface area contributed by atoms with Crippen LogP contribution in [0, 0.1) is 0 Å². The third-order valence-corrected chi connectivity index (χ3v) is 3.03. The van der Waals surface area contributed by atoms with Crippen LogP contribution >= 0.6 is 0 Å². The molecule has 2 rings (SSSR count). The van der Waals surface area contributed by atoms with E-state index in [1.165, 1.54) is 0 Å². The lowest BCUT2D eigenvalue weighted by Crippen LogP contribution is -2.48. The molecule has 0 bridgehead atoms. The summed E-state index contributed by atoms with van der Waals surface area (Å²) in [5.74, 6) is 0. The average Bonchev–Trinajstić information content (AvgIpc) is 2.28. The van der Waals surface area contributed by atoms with Crippen LogP contribution in [-0.4, -0.2) is 30.3 Å². The Morgan fingerprint density at radius 3 is 2.76 bits per heavy atom. The summed E-state index contributed by atoms with van der Waals surface area (Å²) >= 11 is 0. The maximum absolute atomic E-state index is 5.79. The minimum absolute atomic E-state index is 0.00909. The van der Waals surface area contributed by atoms with E-state index in [9.17, 15) is 0 Å². The second-order valence-electron chi connectivity index (χ2n) is 5.26. The molecule has 1 aromatic heterocycles. The third kappa shape index (κ3) is 2.96. The van der Waals surface area contributed by atoms with E-state index in [2.05, 4.69) is 29.8 Å². The molecule has 0 aliphatic carbocycles. The lowest BCUT2D eigenvalue weighted by molar-refractivity contribution is -0.0277. The van der Waals surface area contributed by atoms with Gasteiger partial charge in [-0.05, 0) is 32.9 Å². The number of morpholine rings is 1. The van der Waals surface area contributed by atoms with Crippen LogP contribution in [0.4, 0.5) is 5.69 Å². The maximum atomic E-state index is 5.79. The van der Waals surface area contributed by atoms with Crippen LogP contribution in [0.3, 0.4) is 0 Å². The van der Waals surface area contributed by atoms with Crippen molar-refractivity contribution in [3.8, 4) is 0 Å². The van der Waals surface area contributed by atoms with E-state index in [0.717, 1.165) is 31.1 Å². The average molecular weight is 235 g/mol. The van der Waals surface area contributed by atoms with Gasteiger partial charge >= 0.3 is 0 Å². The number of rotatable bonds is 2. The quantitative estimate of drug-likeness (QED) is 0.848. The van der Waals surface area contributed by atoms with Gasteiger partial charge in [0, 0.05) is 19.1 Å². The standard InChI is InChI=1S/C13H21N3O/c1-10(14)12-5-4-11(8-15-12)16-6-7-17-13(2,3)9-16/h4-5,8,10H,6-7,9,14H2,1-3H3/t10-/m1/s1. The van der Waals surface area contributed by atoms with Crippen molar-refractivity contribution in [1.29, 1.82) is 0 Å². The monoisotopic (exact) mass is 235 g/mol. The smallest absolute Gasteiger partial charge is 0.0801 e. The summed E-state index contributed by atoms with van der Waals surface area (Å²) < 4.78 is 5.70. The highest BCUT2D eigenvalue weighted by Crippen LogP contribution is 2.23. The van der Waals surface area contributed by atoms with Gasteiger partial charge in [0.15, 0.2) is 0 Å². The number of anilines is 1. The molecule has 1 aliphatic heterocycles. The summed E-state index contributed by atoms with van der Waals surface area (Å²) in [6.45, 7) is 8.75. The fourth-order valence-corrected chi connectivity index (χ4v) is 2.09. The Hall–Kier alpha value is -1.13. The first-order valence-electron chi connectivity index (χ1n) is 6.08. The zero-order valence-electron chi connectivity index (χ0n) is 10.8. The van der Waals surface area contributed by atoms with Gasteiger partial charge in [-0.15, -0.1) is 0 Å². The Bertz CT molecular complexity index is 373. The fourth-order valence-electron chi connectivity index (χ4n) is 2.09. The molecule has 1 aromatic rings. The van der Waals surface area contributed by atoms with Gasteiger partial charge in [-0.25, -0.2) is 0 Å². The van der Waals surface area contributed by atoms with Crippen LogP contribution in [0.5, 0.6) is 0 Å². The zero-order chi connectivity index (χ0) is 12.5. The van der Waals surface area contributed by atoms with Gasteiger partial charge in [0.1, 0.15) is 0 Å². The molecule has 94 valence electrons. The van der Waals surface area contributed by atoms with Crippen LogP contribution in [0.15, 0.2) is 18.3 Å². The lowest BCUT2D eigenvalue weighted by Gasteiger charge is -2.39. The van der Waals surface area contributed by atoms with Gasteiger partial charge in [-0.3, -0.25) is 4.98 Å². The Morgan fingerprint density at radius 2 is 2.24 bits per heavy atom. The first-order chi connectivity index (χ1) is 7.98. The summed E-state index contributed by atoms with van der Waals surface area (Å²) in [5.41, 5.74) is 7.78. The van der Waals surface area contributed by atoms with E-state index in [4.69, 9.17) is 10.5 Å². The fraction of sp³-hybridized carbons (Fsp3) is 0.615. The molecule has 1 aliphatic rings. The number of pyridine rings is 1. The van der Waals surface area contributed by atoms with Crippen molar-refractivity contribution >= 4 is 5.69 Å². The first-order valence-corrected chi connectivity index (χ1v) is 6.08. The van der Waals surface area contributed by atoms with Crippen molar-refractivity contribution in [1.82, 2.24) is 4.98 Å². The highest BCUT2D eigenvalue weighted by atomic mass is 16.5. The van der Waals surface area contributed by atoms with Crippen molar-refractivity contribution in [3.63, 3.8) is 0 Å². The molecular formula is C13H21N3O. The molecule has 1 saturated heterocycles. The van der Waals surface area contributed by atoms with Crippen LogP contribution in [0.25, 0.3) is 0 Å². The van der Waals surface area contributed by atoms with E-state index >= 15 is 0 Å². The Morgan fingerprint density at radius 1 is 1.47 bits per heavy atom. The van der Waals surface area contributed by atoms with E-state index < -0.39 is 0 Å². The second-order valence-corrected chi connectivity index (χ2v) is 5.26. The van der Waals surface area contributed by atoms with Crippen molar-refractivity contribution in [3.05, 3.63) is 24.0 Å². The molecule has 0 radical (unpaired) electrons. The van der Waals surface area contributed by atoms with Gasteiger partial charge in [0.25, 0.3) is 0 Å². The minimum atomic E-state index is -0.0852. The minimum Gasteiger partial charge on any atom is -0.372 e. The van der Waals surface area contributed by atoms with Crippen LogP contribution in [0.1, 0.15) is 32.5 Å². The number of hydrogen-bond donors (Lipinski definition) is 1. The molecule has 0 unspecified atom stereocenters. The largest absolute Gasteiger partial charge is 0.372 e. The predicted octanol–water partition coefficient (Wildman–Crippen LogP) is 1.72. The zero-order valence-corrected chi connectivity index (χ0v) is 10.8. The lowest BCUT2D eigenvalue weighted by atomic mass is 10.1. The first kappa shape index (κ1) is 12.3. The molecule has 0 spiro atoms. The van der Waals surface area contributed by atoms with Crippen molar-refractivity contribution in [2.45, 2.75) is 32.4 Å². The van der Waals surface area contributed by atoms with Crippen LogP contribution in [0.2, 0.25) is 0 Å². The highest BCUT2D eigenvalue weighted by Gasteiger charge is 2.27. The van der Waals surface area contributed by atoms with E-state index in [1.807, 2.05) is 19.2 Å². The summed E-state index contributed by atoms with van der Waals surface area (Å²) in [7, 11) is 0. The number of nitrogens with two attached hydrogens (primary N) is 1. The number of hydrogen-bond acceptors (Lipinski definition) is 4. The van der Waals surface area contributed by atoms with Crippen molar-refractivity contribution in [2.75, 3.05) is 24.6 Å². The van der Waals surface area contributed by atoms with Crippen molar-refractivity contribution in [2.24, 2.45) is 5.73 Å². The second kappa shape index (κ2) is 4.63. The Kier molecular flexibility index (Phi) is 3.35. The topological polar surface area (TPSA) is 51.4 Å². The maximum Gasteiger partial charge on any atom is 0.0801 e. The van der Waals surface area contributed by atoms with Gasteiger partial charge < -0.3 is 15.4 Å². The molecule has 1 fully saturated rings. The van der Waals surface area contributed by atoms with E-state index in [1.54, 1.807) is 0 Å². The summed E-state index contributed by atoms with van der Waals surface area (Å²) in [4.78, 5) is 6.70. The Balaban J connectivity index is 2.12. The van der Waals surface area contributed by atoms with E-state index in [-0.39, 0.29) is 11.6 Å².